The number of pyridine rings is 1. The zero-order chi connectivity index (χ0) is 24.2. The molecule has 0 radical (unpaired) electrons. The summed E-state index contributed by atoms with van der Waals surface area (Å²) in [4.78, 5) is 17.9. The van der Waals surface area contributed by atoms with Gasteiger partial charge < -0.3 is 15.2 Å². The smallest absolute Gasteiger partial charge is 0.253 e. The Bertz CT molecular complexity index is 1370. The lowest BCUT2D eigenvalue weighted by Crippen LogP contribution is -2.41. The number of thiocarbonyl (C=S) groups is 1. The van der Waals surface area contributed by atoms with Crippen LogP contribution in [0.15, 0.2) is 77.6 Å². The van der Waals surface area contributed by atoms with Crippen molar-refractivity contribution in [2.75, 3.05) is 0 Å². The maximum atomic E-state index is 13.5. The number of halogens is 1. The number of benzene rings is 3. The van der Waals surface area contributed by atoms with Crippen molar-refractivity contribution < 1.29 is 4.39 Å². The lowest BCUT2D eigenvalue weighted by Gasteiger charge is -2.28. The van der Waals surface area contributed by atoms with E-state index in [0.717, 1.165) is 27.6 Å². The summed E-state index contributed by atoms with van der Waals surface area (Å²) in [5, 5.41) is 4.90. The van der Waals surface area contributed by atoms with Gasteiger partial charge in [0.2, 0.25) is 0 Å². The van der Waals surface area contributed by atoms with Crippen LogP contribution < -0.4 is 10.9 Å². The number of nitrogens with zero attached hydrogens (tertiary/aromatic N) is 1. The molecule has 0 spiro atoms. The number of fused-ring (bicyclic) bond motifs is 1. The van der Waals surface area contributed by atoms with Gasteiger partial charge in [-0.1, -0.05) is 42.5 Å². The molecule has 0 aliphatic rings. The van der Waals surface area contributed by atoms with Crippen molar-refractivity contribution >= 4 is 28.2 Å². The molecule has 174 valence electrons. The standard InChI is InChI=1S/C28H28FN3OS/c1-18-13-23-15-24(27(33)31-26(23)14-19(18)2)17-32(16-21-9-11-25(29)12-10-21)28(34)30-20(3)22-7-5-4-6-8-22/h4-15,20H,16-17H2,1-3H3,(H,30,34)(H,31,33)/t20-/m1/s1. The monoisotopic (exact) mass is 473 g/mol. The van der Waals surface area contributed by atoms with Gasteiger partial charge in [0, 0.05) is 17.6 Å². The minimum atomic E-state index is -0.287. The molecule has 3 aromatic carbocycles. The number of nitrogens with one attached hydrogen (secondary N) is 2. The lowest BCUT2D eigenvalue weighted by molar-refractivity contribution is 0.392. The van der Waals surface area contributed by atoms with Crippen LogP contribution in [0.25, 0.3) is 10.9 Å². The van der Waals surface area contributed by atoms with Crippen LogP contribution >= 0.6 is 12.2 Å². The molecule has 1 heterocycles. The highest BCUT2D eigenvalue weighted by atomic mass is 32.1. The van der Waals surface area contributed by atoms with Gasteiger partial charge in [0.05, 0.1) is 12.6 Å². The molecule has 1 atom stereocenters. The van der Waals surface area contributed by atoms with E-state index in [0.29, 0.717) is 23.8 Å². The topological polar surface area (TPSA) is 48.1 Å². The molecule has 0 unspecified atom stereocenters. The number of aromatic nitrogens is 1. The van der Waals surface area contributed by atoms with Crippen LogP contribution in [0.3, 0.4) is 0 Å². The Hall–Kier alpha value is -3.51. The number of aryl methyl sites for hydroxylation is 2. The van der Waals surface area contributed by atoms with E-state index >= 15 is 0 Å². The SMILES string of the molecule is Cc1cc2cc(CN(Cc3ccc(F)cc3)C(=S)N[C@H](C)c3ccccc3)c(=O)[nH]c2cc1C. The van der Waals surface area contributed by atoms with E-state index in [2.05, 4.69) is 23.3 Å². The molecule has 4 nitrogen and oxygen atoms in total. The van der Waals surface area contributed by atoms with E-state index in [1.165, 1.54) is 17.7 Å². The second-order valence-corrected chi connectivity index (χ2v) is 9.10. The molecule has 0 saturated carbocycles. The quantitative estimate of drug-likeness (QED) is 0.341. The maximum absolute atomic E-state index is 13.5. The van der Waals surface area contributed by atoms with Crippen LogP contribution in [0.4, 0.5) is 4.39 Å². The first-order chi connectivity index (χ1) is 16.3. The molecule has 0 aliphatic heterocycles. The van der Waals surface area contributed by atoms with E-state index in [1.807, 2.05) is 61.2 Å². The predicted octanol–water partition coefficient (Wildman–Crippen LogP) is 5.92. The summed E-state index contributed by atoms with van der Waals surface area (Å²) >= 11 is 5.78. The molecule has 0 aliphatic carbocycles. The van der Waals surface area contributed by atoms with Crippen molar-refractivity contribution in [3.05, 3.63) is 117 Å². The highest BCUT2D eigenvalue weighted by Gasteiger charge is 2.17. The summed E-state index contributed by atoms with van der Waals surface area (Å²) in [6, 6.07) is 22.4. The molecule has 0 saturated heterocycles. The number of H-pyrrole nitrogens is 1. The minimum absolute atomic E-state index is 0.00932. The van der Waals surface area contributed by atoms with Crippen LogP contribution in [0, 0.1) is 19.7 Å². The Morgan fingerprint density at radius 2 is 1.68 bits per heavy atom. The lowest BCUT2D eigenvalue weighted by atomic mass is 10.0. The van der Waals surface area contributed by atoms with Gasteiger partial charge in [0.15, 0.2) is 5.11 Å². The van der Waals surface area contributed by atoms with Crippen molar-refractivity contribution in [1.82, 2.24) is 15.2 Å². The van der Waals surface area contributed by atoms with Crippen molar-refractivity contribution in [3.63, 3.8) is 0 Å². The summed E-state index contributed by atoms with van der Waals surface area (Å²) < 4.78 is 13.5. The van der Waals surface area contributed by atoms with Crippen LogP contribution in [0.1, 0.15) is 40.8 Å². The van der Waals surface area contributed by atoms with Crippen molar-refractivity contribution in [3.8, 4) is 0 Å². The predicted molar refractivity (Wildman–Crippen MR) is 140 cm³/mol. The molecule has 6 heteroatoms. The van der Waals surface area contributed by atoms with Gasteiger partial charge in [-0.05, 0) is 91.0 Å². The van der Waals surface area contributed by atoms with Gasteiger partial charge in [0.25, 0.3) is 5.56 Å². The summed E-state index contributed by atoms with van der Waals surface area (Å²) in [6.45, 7) is 6.90. The molecule has 4 aromatic rings. The number of hydrogen-bond acceptors (Lipinski definition) is 2. The van der Waals surface area contributed by atoms with Crippen molar-refractivity contribution in [2.24, 2.45) is 0 Å². The third kappa shape index (κ3) is 5.51. The first-order valence-corrected chi connectivity index (χ1v) is 11.7. The van der Waals surface area contributed by atoms with Gasteiger partial charge >= 0.3 is 0 Å². The Kier molecular flexibility index (Phi) is 7.08. The van der Waals surface area contributed by atoms with E-state index in [1.54, 1.807) is 12.1 Å². The fraction of sp³-hybridized carbons (Fsp3) is 0.214. The highest BCUT2D eigenvalue weighted by Crippen LogP contribution is 2.19. The molecule has 0 fully saturated rings. The summed E-state index contributed by atoms with van der Waals surface area (Å²) in [5.74, 6) is -0.287. The Labute approximate surface area is 204 Å². The summed E-state index contributed by atoms with van der Waals surface area (Å²) in [7, 11) is 0. The molecule has 0 amide bonds. The number of rotatable bonds is 6. The Balaban J connectivity index is 1.64. The van der Waals surface area contributed by atoms with Gasteiger partial charge in [0.1, 0.15) is 5.82 Å². The molecule has 2 N–H and O–H groups in total. The maximum Gasteiger partial charge on any atom is 0.253 e. The zero-order valence-electron chi connectivity index (χ0n) is 19.6. The van der Waals surface area contributed by atoms with Gasteiger partial charge in [-0.3, -0.25) is 4.79 Å². The van der Waals surface area contributed by atoms with Gasteiger partial charge in [-0.2, -0.15) is 0 Å². The molecule has 4 rings (SSSR count). The molecular weight excluding hydrogens is 445 g/mol. The molecular formula is C28H28FN3OS. The van der Waals surface area contributed by atoms with E-state index < -0.39 is 0 Å². The molecule has 1 aromatic heterocycles. The van der Waals surface area contributed by atoms with E-state index in [9.17, 15) is 9.18 Å². The highest BCUT2D eigenvalue weighted by molar-refractivity contribution is 7.80. The van der Waals surface area contributed by atoms with Crippen LogP contribution in [-0.4, -0.2) is 15.0 Å². The van der Waals surface area contributed by atoms with E-state index in [4.69, 9.17) is 12.2 Å². The van der Waals surface area contributed by atoms with E-state index in [-0.39, 0.29) is 17.4 Å². The number of hydrogen-bond donors (Lipinski definition) is 2. The van der Waals surface area contributed by atoms with Crippen LogP contribution in [0.5, 0.6) is 0 Å². The first kappa shape index (κ1) is 23.6. The average molecular weight is 474 g/mol. The summed E-state index contributed by atoms with van der Waals surface area (Å²) in [5.41, 5.74) is 5.62. The second kappa shape index (κ2) is 10.2. The average Bonchev–Trinajstić information content (AvgIpc) is 2.82. The zero-order valence-corrected chi connectivity index (χ0v) is 20.4. The largest absolute Gasteiger partial charge is 0.356 e. The number of aromatic amines is 1. The molecule has 0 bridgehead atoms. The first-order valence-electron chi connectivity index (χ1n) is 11.3. The molecule has 34 heavy (non-hydrogen) atoms. The van der Waals surface area contributed by atoms with Gasteiger partial charge in [-0.15, -0.1) is 0 Å². The second-order valence-electron chi connectivity index (χ2n) is 8.71. The third-order valence-electron chi connectivity index (χ3n) is 6.11. The van der Waals surface area contributed by atoms with Crippen molar-refractivity contribution in [2.45, 2.75) is 39.9 Å². The van der Waals surface area contributed by atoms with Gasteiger partial charge in [-0.25, -0.2) is 4.39 Å². The minimum Gasteiger partial charge on any atom is -0.356 e. The fourth-order valence-corrected chi connectivity index (χ4v) is 4.26. The summed E-state index contributed by atoms with van der Waals surface area (Å²) in [6.07, 6.45) is 0. The Morgan fingerprint density at radius 3 is 2.38 bits per heavy atom. The van der Waals surface area contributed by atoms with Crippen LogP contribution in [-0.2, 0) is 13.1 Å². The Morgan fingerprint density at radius 1 is 1.00 bits per heavy atom. The van der Waals surface area contributed by atoms with Crippen molar-refractivity contribution in [1.29, 1.82) is 0 Å². The normalized spacial score (nSPS) is 11.9. The fourth-order valence-electron chi connectivity index (χ4n) is 3.96. The van der Waals surface area contributed by atoms with Crippen LogP contribution in [0.2, 0.25) is 0 Å². The third-order valence-corrected chi connectivity index (χ3v) is 6.49.